The highest BCUT2D eigenvalue weighted by atomic mass is 35.5. The van der Waals surface area contributed by atoms with E-state index < -0.39 is 5.97 Å². The zero-order chi connectivity index (χ0) is 11.5. The fraction of sp³-hybridized carbons (Fsp3) is 0.0909. The number of pyridine rings is 1. The summed E-state index contributed by atoms with van der Waals surface area (Å²) < 4.78 is 0. The Bertz CT molecular complexity index is 511. The molecule has 0 aromatic carbocycles. The van der Waals surface area contributed by atoms with Crippen molar-refractivity contribution in [3.63, 3.8) is 0 Å². The van der Waals surface area contributed by atoms with Crippen molar-refractivity contribution in [2.75, 3.05) is 0 Å². The van der Waals surface area contributed by atoms with E-state index in [2.05, 4.69) is 9.97 Å². The Hall–Kier alpha value is -1.85. The van der Waals surface area contributed by atoms with Crippen LogP contribution in [0.3, 0.4) is 0 Å². The summed E-state index contributed by atoms with van der Waals surface area (Å²) in [5.74, 6) is -0.975. The molecular formula is C11H12ClN3O2. The van der Waals surface area contributed by atoms with Gasteiger partial charge in [-0.2, -0.15) is 0 Å². The molecule has 17 heavy (non-hydrogen) atoms. The number of aromatic amines is 1. The Morgan fingerprint density at radius 2 is 2.06 bits per heavy atom. The van der Waals surface area contributed by atoms with Crippen LogP contribution in [-0.4, -0.2) is 21.0 Å². The normalized spacial score (nSPS) is 9.71. The minimum absolute atomic E-state index is 0. The van der Waals surface area contributed by atoms with E-state index in [9.17, 15) is 4.79 Å². The lowest BCUT2D eigenvalue weighted by Crippen LogP contribution is -2.04. The molecule has 4 N–H and O–H groups in total. The number of rotatable bonds is 3. The van der Waals surface area contributed by atoms with Crippen molar-refractivity contribution in [2.24, 2.45) is 5.73 Å². The Labute approximate surface area is 104 Å². The standard InChI is InChI=1S/C11H11N3O2.ClH/c12-6-10-8(11(15)16)5-9(14-10)7-1-3-13-4-2-7;/h1-5,14H,6,12H2,(H,15,16);1H. The maximum Gasteiger partial charge on any atom is 0.337 e. The second kappa shape index (κ2) is 5.47. The van der Waals surface area contributed by atoms with Gasteiger partial charge in [-0.1, -0.05) is 0 Å². The molecule has 0 radical (unpaired) electrons. The molecule has 5 nitrogen and oxygen atoms in total. The molecule has 0 unspecified atom stereocenters. The zero-order valence-electron chi connectivity index (χ0n) is 8.88. The van der Waals surface area contributed by atoms with Gasteiger partial charge in [0.1, 0.15) is 0 Å². The summed E-state index contributed by atoms with van der Waals surface area (Å²) in [6.07, 6.45) is 3.30. The van der Waals surface area contributed by atoms with E-state index in [4.69, 9.17) is 10.8 Å². The zero-order valence-corrected chi connectivity index (χ0v) is 9.70. The average molecular weight is 254 g/mol. The van der Waals surface area contributed by atoms with Gasteiger partial charge in [0.25, 0.3) is 0 Å². The van der Waals surface area contributed by atoms with Gasteiger partial charge in [-0.3, -0.25) is 4.98 Å². The van der Waals surface area contributed by atoms with E-state index >= 15 is 0 Å². The molecule has 0 fully saturated rings. The van der Waals surface area contributed by atoms with E-state index in [1.807, 2.05) is 0 Å². The van der Waals surface area contributed by atoms with Crippen LogP contribution in [0.2, 0.25) is 0 Å². The third-order valence-electron chi connectivity index (χ3n) is 2.33. The number of hydrogen-bond acceptors (Lipinski definition) is 3. The monoisotopic (exact) mass is 253 g/mol. The van der Waals surface area contributed by atoms with Gasteiger partial charge in [0.2, 0.25) is 0 Å². The highest BCUT2D eigenvalue weighted by Crippen LogP contribution is 2.21. The first-order valence-electron chi connectivity index (χ1n) is 4.78. The number of nitrogens with two attached hydrogens (primary N) is 1. The van der Waals surface area contributed by atoms with Crippen LogP contribution in [0.4, 0.5) is 0 Å². The molecule has 0 saturated carbocycles. The minimum atomic E-state index is -0.975. The Morgan fingerprint density at radius 3 is 2.53 bits per heavy atom. The van der Waals surface area contributed by atoms with Gasteiger partial charge in [0.15, 0.2) is 0 Å². The number of hydrogen-bond donors (Lipinski definition) is 3. The first kappa shape index (κ1) is 13.2. The summed E-state index contributed by atoms with van der Waals surface area (Å²) in [6, 6.07) is 5.19. The molecule has 0 spiro atoms. The van der Waals surface area contributed by atoms with E-state index in [0.29, 0.717) is 5.69 Å². The molecule has 6 heteroatoms. The molecule has 2 rings (SSSR count). The predicted molar refractivity (Wildman–Crippen MR) is 66.1 cm³/mol. The number of carbonyl (C=O) groups is 1. The van der Waals surface area contributed by atoms with Crippen LogP contribution < -0.4 is 5.73 Å². The van der Waals surface area contributed by atoms with Crippen LogP contribution in [-0.2, 0) is 6.54 Å². The Morgan fingerprint density at radius 1 is 1.41 bits per heavy atom. The quantitative estimate of drug-likeness (QED) is 0.776. The number of aromatic carboxylic acids is 1. The molecule has 0 aliphatic carbocycles. The second-order valence-corrected chi connectivity index (χ2v) is 3.32. The second-order valence-electron chi connectivity index (χ2n) is 3.32. The van der Waals surface area contributed by atoms with Crippen molar-refractivity contribution in [3.05, 3.63) is 41.9 Å². The van der Waals surface area contributed by atoms with Gasteiger partial charge in [-0.15, -0.1) is 12.4 Å². The average Bonchev–Trinajstić information content (AvgIpc) is 2.74. The number of nitrogens with zero attached hydrogens (tertiary/aromatic N) is 1. The van der Waals surface area contributed by atoms with Crippen LogP contribution in [0.25, 0.3) is 11.3 Å². The summed E-state index contributed by atoms with van der Waals surface area (Å²) in [4.78, 5) is 17.8. The maximum absolute atomic E-state index is 10.9. The lowest BCUT2D eigenvalue weighted by molar-refractivity contribution is 0.0696. The molecule has 0 aliphatic heterocycles. The van der Waals surface area contributed by atoms with Crippen LogP contribution in [0.15, 0.2) is 30.6 Å². The molecule has 0 saturated heterocycles. The molecule has 2 aromatic heterocycles. The van der Waals surface area contributed by atoms with Gasteiger partial charge in [0.05, 0.1) is 5.56 Å². The van der Waals surface area contributed by atoms with Crippen LogP contribution in [0, 0.1) is 0 Å². The van der Waals surface area contributed by atoms with Crippen LogP contribution in [0.1, 0.15) is 16.1 Å². The van der Waals surface area contributed by atoms with E-state index in [0.717, 1.165) is 11.3 Å². The smallest absolute Gasteiger partial charge is 0.337 e. The summed E-state index contributed by atoms with van der Waals surface area (Å²) in [7, 11) is 0. The van der Waals surface area contributed by atoms with Crippen molar-refractivity contribution in [1.82, 2.24) is 9.97 Å². The summed E-state index contributed by atoms with van der Waals surface area (Å²) in [6.45, 7) is 0.173. The number of aromatic nitrogens is 2. The van der Waals surface area contributed by atoms with Gasteiger partial charge in [-0.05, 0) is 18.2 Å². The number of nitrogens with one attached hydrogen (secondary N) is 1. The van der Waals surface area contributed by atoms with Gasteiger partial charge in [0, 0.05) is 35.9 Å². The number of carboxylic acids is 1. The van der Waals surface area contributed by atoms with E-state index in [-0.39, 0.29) is 24.5 Å². The highest BCUT2D eigenvalue weighted by Gasteiger charge is 2.13. The fourth-order valence-corrected chi connectivity index (χ4v) is 1.54. The maximum atomic E-state index is 10.9. The third-order valence-corrected chi connectivity index (χ3v) is 2.33. The highest BCUT2D eigenvalue weighted by molar-refractivity contribution is 5.91. The van der Waals surface area contributed by atoms with Crippen molar-refractivity contribution in [1.29, 1.82) is 0 Å². The lowest BCUT2D eigenvalue weighted by atomic mass is 10.2. The summed E-state index contributed by atoms with van der Waals surface area (Å²) >= 11 is 0. The first-order chi connectivity index (χ1) is 7.72. The molecule has 0 amide bonds. The van der Waals surface area contributed by atoms with Crippen LogP contribution >= 0.6 is 12.4 Å². The van der Waals surface area contributed by atoms with Crippen molar-refractivity contribution < 1.29 is 9.90 Å². The van der Waals surface area contributed by atoms with Crippen LogP contribution in [0.5, 0.6) is 0 Å². The first-order valence-corrected chi connectivity index (χ1v) is 4.78. The largest absolute Gasteiger partial charge is 0.478 e. The van der Waals surface area contributed by atoms with Crippen molar-refractivity contribution >= 4 is 18.4 Å². The molecule has 90 valence electrons. The molecule has 0 aliphatic rings. The third kappa shape index (κ3) is 2.64. The SMILES string of the molecule is Cl.NCc1[nH]c(-c2ccncc2)cc1C(=O)O. The Balaban J connectivity index is 0.00000144. The molecule has 0 atom stereocenters. The molecule has 2 heterocycles. The lowest BCUT2D eigenvalue weighted by Gasteiger charge is -1.95. The minimum Gasteiger partial charge on any atom is -0.478 e. The van der Waals surface area contributed by atoms with E-state index in [1.54, 1.807) is 30.6 Å². The van der Waals surface area contributed by atoms with Gasteiger partial charge >= 0.3 is 5.97 Å². The predicted octanol–water partition coefficient (Wildman–Crippen LogP) is 1.66. The molecule has 2 aromatic rings. The van der Waals surface area contributed by atoms with Crippen molar-refractivity contribution in [3.8, 4) is 11.3 Å². The topological polar surface area (TPSA) is 92.0 Å². The summed E-state index contributed by atoms with van der Waals surface area (Å²) in [5, 5.41) is 8.97. The fourth-order valence-electron chi connectivity index (χ4n) is 1.54. The van der Waals surface area contributed by atoms with Gasteiger partial charge in [-0.25, -0.2) is 4.79 Å². The number of H-pyrrole nitrogens is 1. The van der Waals surface area contributed by atoms with E-state index in [1.165, 1.54) is 0 Å². The molecule has 0 bridgehead atoms. The molecular weight excluding hydrogens is 242 g/mol. The number of halogens is 1. The number of carboxylic acid groups (broad SMARTS) is 1. The Kier molecular flexibility index (Phi) is 4.25. The van der Waals surface area contributed by atoms with Gasteiger partial charge < -0.3 is 15.8 Å². The van der Waals surface area contributed by atoms with Crippen molar-refractivity contribution in [2.45, 2.75) is 6.54 Å². The summed E-state index contributed by atoms with van der Waals surface area (Å²) in [5.41, 5.74) is 7.84.